The van der Waals surface area contributed by atoms with E-state index in [1.54, 1.807) is 6.08 Å². The van der Waals surface area contributed by atoms with Gasteiger partial charge in [0.05, 0.1) is 12.0 Å². The van der Waals surface area contributed by atoms with E-state index in [-0.39, 0.29) is 40.5 Å². The number of hydrogen-bond acceptors (Lipinski definition) is 5. The van der Waals surface area contributed by atoms with E-state index in [0.29, 0.717) is 19.3 Å². The average molecular weight is 400 g/mol. The summed E-state index contributed by atoms with van der Waals surface area (Å²) < 4.78 is 12.5. The van der Waals surface area contributed by atoms with Crippen LogP contribution in [-0.2, 0) is 23.9 Å². The van der Waals surface area contributed by atoms with Gasteiger partial charge in [0.1, 0.15) is 11.2 Å². The summed E-state index contributed by atoms with van der Waals surface area (Å²) in [7, 11) is 0. The van der Waals surface area contributed by atoms with Gasteiger partial charge in [-0.25, -0.2) is 0 Å². The Hall–Kier alpha value is -1.69. The van der Waals surface area contributed by atoms with Crippen LogP contribution in [0.3, 0.4) is 0 Å². The molecular formula is C23H28O6. The van der Waals surface area contributed by atoms with E-state index in [9.17, 15) is 19.5 Å². The molecule has 2 spiro atoms. The quantitative estimate of drug-likeness (QED) is 0.537. The van der Waals surface area contributed by atoms with E-state index in [0.717, 1.165) is 37.7 Å². The average Bonchev–Trinajstić information content (AvgIpc) is 3.14. The van der Waals surface area contributed by atoms with Gasteiger partial charge in [0, 0.05) is 29.6 Å². The summed E-state index contributed by atoms with van der Waals surface area (Å²) in [6.45, 7) is 4.41. The number of epoxide rings is 1. The molecule has 0 aromatic carbocycles. The molecule has 156 valence electrons. The van der Waals surface area contributed by atoms with Crippen LogP contribution >= 0.6 is 0 Å². The molecule has 29 heavy (non-hydrogen) atoms. The minimum atomic E-state index is -0.793. The van der Waals surface area contributed by atoms with Gasteiger partial charge >= 0.3 is 11.9 Å². The summed E-state index contributed by atoms with van der Waals surface area (Å²) in [6, 6.07) is 0. The highest BCUT2D eigenvalue weighted by molar-refractivity contribution is 5.92. The number of ether oxygens (including phenoxy) is 2. The molecular weight excluding hydrogens is 372 g/mol. The van der Waals surface area contributed by atoms with Gasteiger partial charge in [0.2, 0.25) is 0 Å². The number of carboxylic acids is 1. The summed E-state index contributed by atoms with van der Waals surface area (Å²) in [6.07, 6.45) is 7.07. The molecule has 0 aromatic rings. The Labute approximate surface area is 170 Å². The Morgan fingerprint density at radius 3 is 2.66 bits per heavy atom. The van der Waals surface area contributed by atoms with E-state index in [1.165, 1.54) is 0 Å². The normalized spacial score (nSPS) is 54.8. The topological polar surface area (TPSA) is 93.2 Å². The van der Waals surface area contributed by atoms with Crippen LogP contribution in [0.25, 0.3) is 0 Å². The fraction of sp³-hybridized carbons (Fsp3) is 0.783. The maximum atomic E-state index is 12.4. The zero-order chi connectivity index (χ0) is 20.4. The van der Waals surface area contributed by atoms with Crippen molar-refractivity contribution in [3.05, 3.63) is 11.6 Å². The lowest BCUT2D eigenvalue weighted by Gasteiger charge is -2.58. The number of ketones is 1. The molecule has 6 aliphatic rings. The Bertz CT molecular complexity index is 892. The molecule has 6 heteroatoms. The lowest BCUT2D eigenvalue weighted by atomic mass is 9.43. The highest BCUT2D eigenvalue weighted by Gasteiger charge is 2.83. The first-order valence-corrected chi connectivity index (χ1v) is 11.0. The van der Waals surface area contributed by atoms with E-state index in [1.807, 2.05) is 0 Å². The second kappa shape index (κ2) is 5.13. The van der Waals surface area contributed by atoms with Crippen molar-refractivity contribution < 1.29 is 29.0 Å². The van der Waals surface area contributed by atoms with Crippen molar-refractivity contribution in [2.24, 2.45) is 28.6 Å². The highest BCUT2D eigenvalue weighted by Crippen LogP contribution is 2.78. The van der Waals surface area contributed by atoms with Crippen molar-refractivity contribution in [2.45, 2.75) is 82.5 Å². The third-order valence-electron chi connectivity index (χ3n) is 10.0. The van der Waals surface area contributed by atoms with Gasteiger partial charge in [-0.2, -0.15) is 0 Å². The first kappa shape index (κ1) is 18.1. The minimum Gasteiger partial charge on any atom is -0.481 e. The molecule has 8 atom stereocenters. The number of carbonyl (C=O) groups is 3. The second-order valence-corrected chi connectivity index (χ2v) is 10.8. The van der Waals surface area contributed by atoms with E-state index in [4.69, 9.17) is 9.47 Å². The molecule has 0 bridgehead atoms. The Balaban J connectivity index is 1.49. The van der Waals surface area contributed by atoms with Crippen molar-refractivity contribution in [1.82, 2.24) is 0 Å². The van der Waals surface area contributed by atoms with E-state index >= 15 is 0 Å². The summed E-state index contributed by atoms with van der Waals surface area (Å²) in [4.78, 5) is 36.6. The van der Waals surface area contributed by atoms with Crippen molar-refractivity contribution in [2.75, 3.05) is 0 Å². The lowest BCUT2D eigenvalue weighted by molar-refractivity contribution is -0.171. The van der Waals surface area contributed by atoms with Crippen molar-refractivity contribution >= 4 is 17.7 Å². The van der Waals surface area contributed by atoms with Gasteiger partial charge < -0.3 is 14.6 Å². The number of esters is 1. The number of fused-ring (bicyclic) bond motifs is 4. The number of carboxylic acid groups (broad SMARTS) is 1. The molecule has 0 aromatic heterocycles. The highest BCUT2D eigenvalue weighted by atomic mass is 16.6. The van der Waals surface area contributed by atoms with Crippen LogP contribution in [-0.4, -0.2) is 40.1 Å². The third-order valence-corrected chi connectivity index (χ3v) is 10.0. The Morgan fingerprint density at radius 1 is 1.17 bits per heavy atom. The monoisotopic (exact) mass is 400 g/mol. The number of aliphatic carboxylic acids is 1. The molecule has 2 saturated heterocycles. The maximum absolute atomic E-state index is 12.4. The van der Waals surface area contributed by atoms with Crippen molar-refractivity contribution in [1.29, 1.82) is 0 Å². The molecule has 1 N–H and O–H groups in total. The van der Waals surface area contributed by atoms with Crippen LogP contribution in [0.4, 0.5) is 0 Å². The van der Waals surface area contributed by atoms with Crippen LogP contribution in [0.15, 0.2) is 11.6 Å². The Morgan fingerprint density at radius 2 is 1.97 bits per heavy atom. The summed E-state index contributed by atoms with van der Waals surface area (Å²) in [5.74, 6) is -1.31. The molecule has 3 saturated carbocycles. The molecule has 0 amide bonds. The van der Waals surface area contributed by atoms with Crippen LogP contribution in [0.2, 0.25) is 0 Å². The summed E-state index contributed by atoms with van der Waals surface area (Å²) in [5.41, 5.74) is -0.492. The van der Waals surface area contributed by atoms with Gasteiger partial charge in [-0.1, -0.05) is 19.4 Å². The lowest BCUT2D eigenvalue weighted by Crippen LogP contribution is -2.63. The van der Waals surface area contributed by atoms with Gasteiger partial charge in [-0.3, -0.25) is 14.4 Å². The van der Waals surface area contributed by atoms with Crippen molar-refractivity contribution in [3.8, 4) is 0 Å². The molecule has 6 nitrogen and oxygen atoms in total. The van der Waals surface area contributed by atoms with Crippen LogP contribution in [0.5, 0.6) is 0 Å². The molecule has 1 unspecified atom stereocenters. The minimum absolute atomic E-state index is 0.0215. The standard InChI is InChI=1S/C23H28O6/c1-20-6-3-13(24)9-12(20)10-14(19(26)27)18-15-4-7-22(8-5-17(25)29-22)21(15,2)11-16-23(18,20)28-16/h9,14-16,18H,3-8,10-11H2,1-2H3,(H,26,27)/t14-,15-,16+,18?,20+,21-,22+,23-/m0/s1. The summed E-state index contributed by atoms with van der Waals surface area (Å²) in [5, 5.41) is 10.2. The molecule has 6 rings (SSSR count). The van der Waals surface area contributed by atoms with Gasteiger partial charge in [0.25, 0.3) is 0 Å². The van der Waals surface area contributed by atoms with Crippen molar-refractivity contribution in [3.63, 3.8) is 0 Å². The fourth-order valence-electron chi connectivity index (χ4n) is 8.55. The fourth-order valence-corrected chi connectivity index (χ4v) is 8.55. The maximum Gasteiger partial charge on any atom is 0.307 e. The van der Waals surface area contributed by atoms with Gasteiger partial charge in [-0.05, 0) is 50.5 Å². The summed E-state index contributed by atoms with van der Waals surface area (Å²) >= 11 is 0. The number of carbonyl (C=O) groups excluding carboxylic acids is 2. The zero-order valence-electron chi connectivity index (χ0n) is 17.0. The predicted octanol–water partition coefficient (Wildman–Crippen LogP) is 3.04. The smallest absolute Gasteiger partial charge is 0.307 e. The third kappa shape index (κ3) is 1.86. The molecule has 2 heterocycles. The molecule has 2 aliphatic heterocycles. The zero-order valence-corrected chi connectivity index (χ0v) is 17.0. The van der Waals surface area contributed by atoms with Crippen LogP contribution in [0, 0.1) is 28.6 Å². The van der Waals surface area contributed by atoms with E-state index in [2.05, 4.69) is 13.8 Å². The largest absolute Gasteiger partial charge is 0.481 e. The first-order valence-electron chi connectivity index (χ1n) is 11.0. The molecule has 5 fully saturated rings. The van der Waals surface area contributed by atoms with Crippen LogP contribution < -0.4 is 0 Å². The second-order valence-electron chi connectivity index (χ2n) is 10.8. The van der Waals surface area contributed by atoms with Gasteiger partial charge in [-0.15, -0.1) is 0 Å². The number of hydrogen-bond donors (Lipinski definition) is 1. The van der Waals surface area contributed by atoms with E-state index < -0.39 is 23.1 Å². The van der Waals surface area contributed by atoms with Crippen LogP contribution in [0.1, 0.15) is 65.2 Å². The molecule has 4 aliphatic carbocycles. The molecule has 0 radical (unpaired) electrons. The predicted molar refractivity (Wildman–Crippen MR) is 101 cm³/mol. The van der Waals surface area contributed by atoms with Gasteiger partial charge in [0.15, 0.2) is 5.78 Å². The first-order chi connectivity index (χ1) is 13.7. The SMILES string of the molecule is C[C@]12C[C@H]3O[C@]34C([C@@H](C(=O)O)CC3=CC(=O)CC[C@]34C)[C@@H]1CC[C@@]21CCC(=O)O1. The Kier molecular flexibility index (Phi) is 3.20. The number of rotatable bonds is 1.